The van der Waals surface area contributed by atoms with E-state index >= 15 is 0 Å². The predicted octanol–water partition coefficient (Wildman–Crippen LogP) is 2.35. The summed E-state index contributed by atoms with van der Waals surface area (Å²) in [4.78, 5) is 10.8. The summed E-state index contributed by atoms with van der Waals surface area (Å²) in [6, 6.07) is 0.291. The fourth-order valence-electron chi connectivity index (χ4n) is 1.27. The summed E-state index contributed by atoms with van der Waals surface area (Å²) < 4.78 is 50.2. The number of anilines is 1. The molecular formula is C10H10F4N2O. The highest BCUT2D eigenvalue weighted by Crippen LogP contribution is 2.34. The van der Waals surface area contributed by atoms with Crippen LogP contribution in [0.4, 0.5) is 23.2 Å². The molecule has 0 heterocycles. The molecule has 1 rings (SSSR count). The molecule has 0 radical (unpaired) electrons. The Kier molecular flexibility index (Phi) is 3.72. The molecule has 0 fully saturated rings. The number of alkyl halides is 3. The summed E-state index contributed by atoms with van der Waals surface area (Å²) in [5.41, 5.74) is 4.32. The molecule has 1 aromatic rings. The van der Waals surface area contributed by atoms with Crippen LogP contribution in [0.25, 0.3) is 0 Å². The maximum atomic E-state index is 12.9. The molecule has 1 atom stereocenters. The normalized spacial score (nSPS) is 13.3. The van der Waals surface area contributed by atoms with Crippen molar-refractivity contribution < 1.29 is 22.4 Å². The highest BCUT2D eigenvalue weighted by molar-refractivity contribution is 5.89. The fraction of sp³-hybridized carbons (Fsp3) is 0.300. The Morgan fingerprint density at radius 1 is 1.41 bits per heavy atom. The lowest BCUT2D eigenvalue weighted by atomic mass is 10.0. The van der Waals surface area contributed by atoms with E-state index < -0.39 is 29.5 Å². The molecule has 3 nitrogen and oxygen atoms in total. The average molecular weight is 250 g/mol. The predicted molar refractivity (Wildman–Crippen MR) is 53.7 cm³/mol. The standard InChI is InChI=1S/C10H10F4N2O/c1-5(17)16-8-3-2-6(11)4-7(8)9(15)10(12,13)14/h2-4,9H,15H2,1H3,(H,16,17)/t9-/m0/s1. The SMILES string of the molecule is CC(=O)Nc1ccc(F)cc1[C@H](N)C(F)(F)F. The molecule has 1 amide bonds. The number of carbonyl (C=O) groups is 1. The summed E-state index contributed by atoms with van der Waals surface area (Å²) in [5.74, 6) is -1.42. The van der Waals surface area contributed by atoms with Crippen LogP contribution in [-0.2, 0) is 4.79 Å². The van der Waals surface area contributed by atoms with E-state index in [4.69, 9.17) is 5.73 Å². The van der Waals surface area contributed by atoms with Gasteiger partial charge in [0.05, 0.1) is 0 Å². The molecule has 94 valence electrons. The average Bonchev–Trinajstić information content (AvgIpc) is 2.17. The molecule has 0 bridgehead atoms. The molecule has 0 aromatic heterocycles. The smallest absolute Gasteiger partial charge is 0.326 e. The Hall–Kier alpha value is -1.63. The van der Waals surface area contributed by atoms with E-state index in [1.807, 2.05) is 0 Å². The number of nitrogens with two attached hydrogens (primary N) is 1. The first kappa shape index (κ1) is 13.4. The van der Waals surface area contributed by atoms with Crippen LogP contribution >= 0.6 is 0 Å². The van der Waals surface area contributed by atoms with E-state index in [1.165, 1.54) is 0 Å². The van der Waals surface area contributed by atoms with Crippen molar-refractivity contribution in [2.45, 2.75) is 19.1 Å². The number of hydrogen-bond donors (Lipinski definition) is 2. The van der Waals surface area contributed by atoms with E-state index in [0.29, 0.717) is 6.07 Å². The number of hydrogen-bond acceptors (Lipinski definition) is 2. The third kappa shape index (κ3) is 3.42. The van der Waals surface area contributed by atoms with Crippen LogP contribution < -0.4 is 11.1 Å². The summed E-state index contributed by atoms with van der Waals surface area (Å²) in [6.07, 6.45) is -4.71. The van der Waals surface area contributed by atoms with Crippen molar-refractivity contribution in [2.24, 2.45) is 5.73 Å². The first-order valence-electron chi connectivity index (χ1n) is 4.61. The monoisotopic (exact) mass is 250 g/mol. The van der Waals surface area contributed by atoms with E-state index in [1.54, 1.807) is 0 Å². The Morgan fingerprint density at radius 2 is 2.00 bits per heavy atom. The molecule has 17 heavy (non-hydrogen) atoms. The number of amides is 1. The maximum absolute atomic E-state index is 12.9. The van der Waals surface area contributed by atoms with Gasteiger partial charge in [-0.2, -0.15) is 13.2 Å². The van der Waals surface area contributed by atoms with E-state index in [2.05, 4.69) is 5.32 Å². The zero-order valence-electron chi connectivity index (χ0n) is 8.81. The van der Waals surface area contributed by atoms with Crippen molar-refractivity contribution in [2.75, 3.05) is 5.32 Å². The van der Waals surface area contributed by atoms with E-state index in [9.17, 15) is 22.4 Å². The summed E-state index contributed by atoms with van der Waals surface area (Å²) in [6.45, 7) is 1.13. The van der Waals surface area contributed by atoms with E-state index in [-0.39, 0.29) is 5.69 Å². The third-order valence-corrected chi connectivity index (χ3v) is 2.01. The van der Waals surface area contributed by atoms with Gasteiger partial charge in [0, 0.05) is 18.2 Å². The van der Waals surface area contributed by atoms with Gasteiger partial charge in [0.1, 0.15) is 11.9 Å². The molecular weight excluding hydrogens is 240 g/mol. The van der Waals surface area contributed by atoms with Crippen molar-refractivity contribution in [3.8, 4) is 0 Å². The van der Waals surface area contributed by atoms with Crippen LogP contribution in [0.5, 0.6) is 0 Å². The van der Waals surface area contributed by atoms with Crippen LogP contribution in [-0.4, -0.2) is 12.1 Å². The lowest BCUT2D eigenvalue weighted by Crippen LogP contribution is -2.29. The van der Waals surface area contributed by atoms with E-state index in [0.717, 1.165) is 19.1 Å². The highest BCUT2D eigenvalue weighted by Gasteiger charge is 2.39. The second kappa shape index (κ2) is 4.70. The lowest BCUT2D eigenvalue weighted by Gasteiger charge is -2.19. The molecule has 3 N–H and O–H groups in total. The Balaban J connectivity index is 3.19. The molecule has 0 saturated carbocycles. The number of rotatable bonds is 2. The van der Waals surface area contributed by atoms with Gasteiger partial charge >= 0.3 is 6.18 Å². The fourth-order valence-corrected chi connectivity index (χ4v) is 1.27. The Bertz CT molecular complexity index is 431. The van der Waals surface area contributed by atoms with Gasteiger partial charge < -0.3 is 11.1 Å². The number of carbonyl (C=O) groups excluding carboxylic acids is 1. The molecule has 0 aliphatic carbocycles. The molecule has 1 aromatic carbocycles. The topological polar surface area (TPSA) is 55.1 Å². The molecule has 0 spiro atoms. The second-order valence-corrected chi connectivity index (χ2v) is 3.43. The zero-order chi connectivity index (χ0) is 13.2. The number of benzene rings is 1. The summed E-state index contributed by atoms with van der Waals surface area (Å²) in [7, 11) is 0. The van der Waals surface area contributed by atoms with Crippen LogP contribution in [0.15, 0.2) is 18.2 Å². The van der Waals surface area contributed by atoms with Crippen molar-refractivity contribution in [1.82, 2.24) is 0 Å². The molecule has 0 saturated heterocycles. The number of nitrogens with one attached hydrogen (secondary N) is 1. The van der Waals surface area contributed by atoms with Gasteiger partial charge in [0.25, 0.3) is 0 Å². The molecule has 0 aliphatic rings. The minimum Gasteiger partial charge on any atom is -0.326 e. The Labute approximate surface area is 94.6 Å². The van der Waals surface area contributed by atoms with Gasteiger partial charge in [-0.15, -0.1) is 0 Å². The Morgan fingerprint density at radius 3 is 2.47 bits per heavy atom. The molecule has 0 unspecified atom stereocenters. The number of halogens is 4. The van der Waals surface area contributed by atoms with Crippen molar-refractivity contribution >= 4 is 11.6 Å². The lowest BCUT2D eigenvalue weighted by molar-refractivity contribution is -0.149. The van der Waals surface area contributed by atoms with Gasteiger partial charge in [0.15, 0.2) is 0 Å². The van der Waals surface area contributed by atoms with Crippen LogP contribution in [0.2, 0.25) is 0 Å². The summed E-state index contributed by atoms with van der Waals surface area (Å²) in [5, 5.41) is 2.17. The highest BCUT2D eigenvalue weighted by atomic mass is 19.4. The van der Waals surface area contributed by atoms with Crippen LogP contribution in [0, 0.1) is 5.82 Å². The second-order valence-electron chi connectivity index (χ2n) is 3.43. The minimum atomic E-state index is -4.71. The van der Waals surface area contributed by atoms with Gasteiger partial charge in [0.2, 0.25) is 5.91 Å². The minimum absolute atomic E-state index is 0.149. The van der Waals surface area contributed by atoms with Gasteiger partial charge in [-0.25, -0.2) is 4.39 Å². The first-order chi connectivity index (χ1) is 7.71. The molecule has 0 aliphatic heterocycles. The maximum Gasteiger partial charge on any atom is 0.407 e. The quantitative estimate of drug-likeness (QED) is 0.791. The van der Waals surface area contributed by atoms with Gasteiger partial charge in [-0.05, 0) is 18.2 Å². The van der Waals surface area contributed by atoms with Gasteiger partial charge in [-0.1, -0.05) is 0 Å². The largest absolute Gasteiger partial charge is 0.407 e. The van der Waals surface area contributed by atoms with Gasteiger partial charge in [-0.3, -0.25) is 4.79 Å². The zero-order valence-corrected chi connectivity index (χ0v) is 8.81. The van der Waals surface area contributed by atoms with Crippen LogP contribution in [0.3, 0.4) is 0 Å². The third-order valence-electron chi connectivity index (χ3n) is 2.01. The molecule has 7 heteroatoms. The first-order valence-corrected chi connectivity index (χ1v) is 4.61. The van der Waals surface area contributed by atoms with Crippen molar-refractivity contribution in [3.05, 3.63) is 29.6 Å². The summed E-state index contributed by atoms with van der Waals surface area (Å²) >= 11 is 0. The van der Waals surface area contributed by atoms with Crippen LogP contribution in [0.1, 0.15) is 18.5 Å². The van der Waals surface area contributed by atoms with Crippen molar-refractivity contribution in [1.29, 1.82) is 0 Å². The van der Waals surface area contributed by atoms with Crippen molar-refractivity contribution in [3.63, 3.8) is 0 Å².